The highest BCUT2D eigenvalue weighted by molar-refractivity contribution is 5.47. The number of hydrogen-bond acceptors (Lipinski definition) is 5. The van der Waals surface area contributed by atoms with E-state index in [1.54, 1.807) is 19.1 Å². The number of phenolic OH excluding ortho intramolecular Hbond substituents is 5. The summed E-state index contributed by atoms with van der Waals surface area (Å²) in [5.41, 5.74) is 0.690. The molecule has 0 radical (unpaired) electrons. The lowest BCUT2D eigenvalue weighted by Crippen LogP contribution is -1.72. The molecule has 0 unspecified atom stereocenters. The van der Waals surface area contributed by atoms with Crippen molar-refractivity contribution in [2.24, 2.45) is 0 Å². The molecule has 2 aromatic carbocycles. The first-order valence-electron chi connectivity index (χ1n) is 5.11. The zero-order chi connectivity index (χ0) is 13.7. The molecule has 0 saturated heterocycles. The largest absolute Gasteiger partial charge is 0.504 e. The second-order valence-corrected chi connectivity index (χ2v) is 3.59. The van der Waals surface area contributed by atoms with Crippen LogP contribution in [0, 0.1) is 6.92 Å². The predicted octanol–water partition coefficient (Wildman–Crippen LogP) is 2.21. The first kappa shape index (κ1) is 13.5. The molecule has 0 heterocycles. The highest BCUT2D eigenvalue weighted by Gasteiger charge is 2.01. The quantitative estimate of drug-likeness (QED) is 0.461. The van der Waals surface area contributed by atoms with Crippen LogP contribution >= 0.6 is 0 Å². The van der Waals surface area contributed by atoms with Crippen LogP contribution in [0.1, 0.15) is 5.56 Å². The third kappa shape index (κ3) is 3.21. The Labute approximate surface area is 104 Å². The maximum Gasteiger partial charge on any atom is 0.200 e. The number of hydrogen-bond donors (Lipinski definition) is 5. The standard InChI is InChI=1S/C7H8O2.C6H6O3/c1-5-3-2-4-6(8)7(5)9;7-4-2-1-3-5(8)6(4)9/h2-4,8-9H,1H3;1-3,7-9H. The molecule has 0 aliphatic carbocycles. The van der Waals surface area contributed by atoms with Crippen LogP contribution in [0.15, 0.2) is 36.4 Å². The van der Waals surface area contributed by atoms with Gasteiger partial charge in [-0.15, -0.1) is 0 Å². The van der Waals surface area contributed by atoms with Crippen molar-refractivity contribution in [3.8, 4) is 28.7 Å². The zero-order valence-electron chi connectivity index (χ0n) is 9.70. The van der Waals surface area contributed by atoms with Gasteiger partial charge in [-0.1, -0.05) is 18.2 Å². The second-order valence-electron chi connectivity index (χ2n) is 3.59. The summed E-state index contributed by atoms with van der Waals surface area (Å²) in [4.78, 5) is 0. The molecule has 0 atom stereocenters. The molecule has 0 fully saturated rings. The fourth-order valence-electron chi connectivity index (χ4n) is 1.16. The number of para-hydroxylation sites is 2. The molecule has 5 N–H and O–H groups in total. The van der Waals surface area contributed by atoms with Crippen molar-refractivity contribution >= 4 is 0 Å². The van der Waals surface area contributed by atoms with Crippen LogP contribution in [-0.2, 0) is 0 Å². The van der Waals surface area contributed by atoms with Crippen LogP contribution in [0.2, 0.25) is 0 Å². The van der Waals surface area contributed by atoms with Crippen LogP contribution in [0.25, 0.3) is 0 Å². The summed E-state index contributed by atoms with van der Waals surface area (Å²) in [6, 6.07) is 8.87. The topological polar surface area (TPSA) is 101 Å². The van der Waals surface area contributed by atoms with Crippen LogP contribution in [-0.4, -0.2) is 25.5 Å². The lowest BCUT2D eigenvalue weighted by Gasteiger charge is -1.97. The van der Waals surface area contributed by atoms with Crippen molar-refractivity contribution in [1.82, 2.24) is 0 Å². The highest BCUT2D eigenvalue weighted by Crippen LogP contribution is 2.32. The molecule has 0 aliphatic rings. The Hall–Kier alpha value is -2.56. The Morgan fingerprint density at radius 1 is 0.611 bits per heavy atom. The van der Waals surface area contributed by atoms with Crippen molar-refractivity contribution < 1.29 is 25.5 Å². The van der Waals surface area contributed by atoms with Gasteiger partial charge < -0.3 is 25.5 Å². The molecule has 5 nitrogen and oxygen atoms in total. The third-order valence-corrected chi connectivity index (χ3v) is 2.21. The Balaban J connectivity index is 0.000000180. The number of benzene rings is 2. The average molecular weight is 250 g/mol. The van der Waals surface area contributed by atoms with Gasteiger partial charge in [-0.05, 0) is 30.7 Å². The fraction of sp³-hybridized carbons (Fsp3) is 0.0769. The van der Waals surface area contributed by atoms with E-state index in [9.17, 15) is 0 Å². The number of aromatic hydroxyl groups is 5. The predicted molar refractivity (Wildman–Crippen MR) is 65.9 cm³/mol. The fourth-order valence-corrected chi connectivity index (χ4v) is 1.16. The molecule has 5 heteroatoms. The molecule has 0 saturated carbocycles. The van der Waals surface area contributed by atoms with Crippen molar-refractivity contribution in [3.63, 3.8) is 0 Å². The van der Waals surface area contributed by atoms with Gasteiger partial charge in [0, 0.05) is 0 Å². The summed E-state index contributed by atoms with van der Waals surface area (Å²) in [5.74, 6) is -1.19. The van der Waals surface area contributed by atoms with Gasteiger partial charge in [-0.25, -0.2) is 0 Å². The maximum absolute atomic E-state index is 8.96. The highest BCUT2D eigenvalue weighted by atomic mass is 16.3. The summed E-state index contributed by atoms with van der Waals surface area (Å²) >= 11 is 0. The molecular weight excluding hydrogens is 236 g/mol. The Kier molecular flexibility index (Phi) is 4.26. The molecule has 0 amide bonds. The van der Waals surface area contributed by atoms with Gasteiger partial charge in [0.2, 0.25) is 0 Å². The van der Waals surface area contributed by atoms with Gasteiger partial charge in [0.1, 0.15) is 0 Å². The van der Waals surface area contributed by atoms with E-state index in [2.05, 4.69) is 0 Å². The van der Waals surface area contributed by atoms with Crippen molar-refractivity contribution in [2.75, 3.05) is 0 Å². The first-order chi connectivity index (χ1) is 8.43. The third-order valence-electron chi connectivity index (χ3n) is 2.21. The Bertz CT molecular complexity index is 447. The van der Waals surface area contributed by atoms with Gasteiger partial charge in [0.25, 0.3) is 0 Å². The van der Waals surface area contributed by atoms with Crippen LogP contribution < -0.4 is 0 Å². The van der Waals surface area contributed by atoms with Crippen molar-refractivity contribution in [3.05, 3.63) is 42.0 Å². The SMILES string of the molecule is Cc1cccc(O)c1O.Oc1cccc(O)c1O. The molecular formula is C13H14O5. The summed E-state index contributed by atoms with van der Waals surface area (Å²) in [6.07, 6.45) is 0. The number of phenols is 5. The molecule has 18 heavy (non-hydrogen) atoms. The smallest absolute Gasteiger partial charge is 0.200 e. The monoisotopic (exact) mass is 250 g/mol. The van der Waals surface area contributed by atoms with Gasteiger partial charge in [0.15, 0.2) is 28.7 Å². The van der Waals surface area contributed by atoms with E-state index < -0.39 is 5.75 Å². The van der Waals surface area contributed by atoms with Gasteiger partial charge >= 0.3 is 0 Å². The second kappa shape index (κ2) is 5.67. The molecule has 96 valence electrons. The summed E-state index contributed by atoms with van der Waals surface area (Å²) in [7, 11) is 0. The van der Waals surface area contributed by atoms with Gasteiger partial charge in [-0.2, -0.15) is 0 Å². The van der Waals surface area contributed by atoms with Crippen molar-refractivity contribution in [2.45, 2.75) is 6.92 Å². The molecule has 2 rings (SSSR count). The lowest BCUT2D eigenvalue weighted by molar-refractivity contribution is 0.368. The van der Waals surface area contributed by atoms with E-state index in [0.29, 0.717) is 5.56 Å². The molecule has 0 aromatic heterocycles. The summed E-state index contributed by atoms with van der Waals surface area (Å²) in [5, 5.41) is 43.9. The molecule has 0 spiro atoms. The van der Waals surface area contributed by atoms with E-state index >= 15 is 0 Å². The van der Waals surface area contributed by atoms with Gasteiger partial charge in [-0.3, -0.25) is 0 Å². The summed E-state index contributed by atoms with van der Waals surface area (Å²) < 4.78 is 0. The normalized spacial score (nSPS) is 9.39. The van der Waals surface area contributed by atoms with E-state index in [1.165, 1.54) is 24.3 Å². The zero-order valence-corrected chi connectivity index (χ0v) is 9.70. The molecule has 0 bridgehead atoms. The first-order valence-corrected chi connectivity index (χ1v) is 5.11. The van der Waals surface area contributed by atoms with E-state index in [0.717, 1.165) is 0 Å². The summed E-state index contributed by atoms with van der Waals surface area (Å²) in [6.45, 7) is 1.73. The van der Waals surface area contributed by atoms with E-state index in [4.69, 9.17) is 25.5 Å². The maximum atomic E-state index is 8.96. The van der Waals surface area contributed by atoms with Crippen LogP contribution in [0.4, 0.5) is 0 Å². The average Bonchev–Trinajstić information content (AvgIpc) is 2.34. The number of rotatable bonds is 0. The minimum absolute atomic E-state index is 0.0301. The Morgan fingerprint density at radius 2 is 1.00 bits per heavy atom. The minimum atomic E-state index is -0.475. The number of aryl methyl sites for hydroxylation is 1. The van der Waals surface area contributed by atoms with Crippen LogP contribution in [0.3, 0.4) is 0 Å². The lowest BCUT2D eigenvalue weighted by atomic mass is 10.2. The van der Waals surface area contributed by atoms with E-state index in [-0.39, 0.29) is 23.0 Å². The minimum Gasteiger partial charge on any atom is -0.504 e. The van der Waals surface area contributed by atoms with Crippen LogP contribution in [0.5, 0.6) is 28.7 Å². The Morgan fingerprint density at radius 3 is 1.33 bits per heavy atom. The molecule has 0 aliphatic heterocycles. The van der Waals surface area contributed by atoms with E-state index in [1.807, 2.05) is 0 Å². The van der Waals surface area contributed by atoms with Gasteiger partial charge in [0.05, 0.1) is 0 Å². The van der Waals surface area contributed by atoms with Crippen molar-refractivity contribution in [1.29, 1.82) is 0 Å². The molecule has 2 aromatic rings.